The van der Waals surface area contributed by atoms with E-state index in [-0.39, 0.29) is 30.8 Å². The first kappa shape index (κ1) is 27.2. The molecule has 1 aliphatic carbocycles. The van der Waals surface area contributed by atoms with E-state index in [0.29, 0.717) is 34.4 Å². The number of methoxy groups -OCH3 is 2. The summed E-state index contributed by atoms with van der Waals surface area (Å²) in [5.74, 6) is 1.06. The van der Waals surface area contributed by atoms with Crippen LogP contribution in [0.15, 0.2) is 36.4 Å². The number of hydrogen-bond acceptors (Lipinski definition) is 4. The quantitative estimate of drug-likeness (QED) is 0.405. The Hall–Kier alpha value is -2.44. The third-order valence-corrected chi connectivity index (χ3v) is 7.24. The largest absolute Gasteiger partial charge is 0.493 e. The monoisotopic (exact) mass is 520 g/mol. The molecule has 1 fully saturated rings. The summed E-state index contributed by atoms with van der Waals surface area (Å²) in [6.45, 7) is 2.21. The fraction of sp³-hybridized carbons (Fsp3) is 0.481. The highest BCUT2D eigenvalue weighted by atomic mass is 35.5. The van der Waals surface area contributed by atoms with Crippen molar-refractivity contribution in [3.05, 3.63) is 57.6 Å². The lowest BCUT2D eigenvalue weighted by atomic mass is 10.1. The molecule has 2 aromatic rings. The first-order valence-electron chi connectivity index (χ1n) is 12.1. The van der Waals surface area contributed by atoms with Gasteiger partial charge in [-0.1, -0.05) is 55.1 Å². The third-order valence-electron chi connectivity index (χ3n) is 6.50. The standard InChI is InChI=1S/C27H34Cl2N2O4/c1-4-23(27(33)30-20-7-5-6-8-20)31(17-19-9-12-21(28)22(29)15-19)26(32)14-11-18-10-13-24(34-2)25(16-18)35-3/h9-10,12-13,15-16,20,23H,4-8,11,14,17H2,1-3H3,(H,30,33)/t23-/m0/s1. The van der Waals surface area contributed by atoms with Crippen molar-refractivity contribution in [3.8, 4) is 11.5 Å². The van der Waals surface area contributed by atoms with Crippen molar-refractivity contribution >= 4 is 35.0 Å². The molecule has 0 aliphatic heterocycles. The normalized spacial score (nSPS) is 14.4. The van der Waals surface area contributed by atoms with Crippen molar-refractivity contribution in [2.45, 2.75) is 70.5 Å². The Morgan fingerprint density at radius 1 is 1.00 bits per heavy atom. The van der Waals surface area contributed by atoms with Gasteiger partial charge in [0.2, 0.25) is 11.8 Å². The van der Waals surface area contributed by atoms with Crippen molar-refractivity contribution in [2.75, 3.05) is 14.2 Å². The smallest absolute Gasteiger partial charge is 0.243 e. The van der Waals surface area contributed by atoms with Gasteiger partial charge in [0.05, 0.1) is 24.3 Å². The van der Waals surface area contributed by atoms with Crippen LogP contribution in [-0.2, 0) is 22.6 Å². The highest BCUT2D eigenvalue weighted by Crippen LogP contribution is 2.29. The summed E-state index contributed by atoms with van der Waals surface area (Å²) in [7, 11) is 3.17. The van der Waals surface area contributed by atoms with Gasteiger partial charge in [-0.2, -0.15) is 0 Å². The molecule has 3 rings (SSSR count). The molecule has 1 aliphatic rings. The summed E-state index contributed by atoms with van der Waals surface area (Å²) >= 11 is 12.3. The highest BCUT2D eigenvalue weighted by molar-refractivity contribution is 6.42. The number of carbonyl (C=O) groups excluding carboxylic acids is 2. The SMILES string of the molecule is CC[C@@H](C(=O)NC1CCCC1)N(Cc1ccc(Cl)c(Cl)c1)C(=O)CCc1ccc(OC)c(OC)c1. The van der Waals surface area contributed by atoms with Crippen LogP contribution in [0.3, 0.4) is 0 Å². The number of aryl methyl sites for hydroxylation is 1. The van der Waals surface area contributed by atoms with Crippen LogP contribution < -0.4 is 14.8 Å². The molecule has 0 unspecified atom stereocenters. The van der Waals surface area contributed by atoms with Gasteiger partial charge in [0.25, 0.3) is 0 Å². The van der Waals surface area contributed by atoms with Gasteiger partial charge in [-0.3, -0.25) is 9.59 Å². The van der Waals surface area contributed by atoms with E-state index in [2.05, 4.69) is 5.32 Å². The number of ether oxygens (including phenoxy) is 2. The summed E-state index contributed by atoms with van der Waals surface area (Å²) in [5, 5.41) is 4.04. The van der Waals surface area contributed by atoms with E-state index in [0.717, 1.165) is 36.8 Å². The fourth-order valence-electron chi connectivity index (χ4n) is 4.55. The number of hydrogen-bond donors (Lipinski definition) is 1. The molecular weight excluding hydrogens is 487 g/mol. The van der Waals surface area contributed by atoms with Crippen LogP contribution in [0.25, 0.3) is 0 Å². The van der Waals surface area contributed by atoms with E-state index >= 15 is 0 Å². The maximum atomic E-state index is 13.5. The minimum absolute atomic E-state index is 0.0979. The molecule has 6 nitrogen and oxygen atoms in total. The average molecular weight is 521 g/mol. The molecule has 0 spiro atoms. The molecule has 0 heterocycles. The van der Waals surface area contributed by atoms with E-state index in [4.69, 9.17) is 32.7 Å². The second-order valence-corrected chi connectivity index (χ2v) is 9.69. The van der Waals surface area contributed by atoms with Crippen molar-refractivity contribution in [3.63, 3.8) is 0 Å². The zero-order valence-electron chi connectivity index (χ0n) is 20.6. The second-order valence-electron chi connectivity index (χ2n) is 8.87. The Morgan fingerprint density at radius 3 is 2.31 bits per heavy atom. The summed E-state index contributed by atoms with van der Waals surface area (Å²) in [6.07, 6.45) is 5.51. The summed E-state index contributed by atoms with van der Waals surface area (Å²) < 4.78 is 10.7. The maximum absolute atomic E-state index is 13.5. The molecule has 8 heteroatoms. The molecule has 190 valence electrons. The zero-order chi connectivity index (χ0) is 25.4. The van der Waals surface area contributed by atoms with Crippen LogP contribution in [0.1, 0.15) is 56.6 Å². The first-order valence-corrected chi connectivity index (χ1v) is 12.9. The minimum atomic E-state index is -0.567. The second kappa shape index (κ2) is 13.0. The molecule has 0 aromatic heterocycles. The molecule has 1 N–H and O–H groups in total. The van der Waals surface area contributed by atoms with Crippen LogP contribution in [-0.4, -0.2) is 43.0 Å². The molecule has 2 amide bonds. The van der Waals surface area contributed by atoms with Crippen LogP contribution in [0.5, 0.6) is 11.5 Å². The molecule has 2 aromatic carbocycles. The number of nitrogens with zero attached hydrogens (tertiary/aromatic N) is 1. The van der Waals surface area contributed by atoms with Crippen molar-refractivity contribution in [1.29, 1.82) is 0 Å². The summed E-state index contributed by atoms with van der Waals surface area (Å²) in [5.41, 5.74) is 1.78. The zero-order valence-corrected chi connectivity index (χ0v) is 22.1. The van der Waals surface area contributed by atoms with Gasteiger partial charge >= 0.3 is 0 Å². The predicted octanol–water partition coefficient (Wildman–Crippen LogP) is 5.81. The number of carbonyl (C=O) groups is 2. The van der Waals surface area contributed by atoms with Gasteiger partial charge in [-0.05, 0) is 61.1 Å². The molecule has 0 bridgehead atoms. The Morgan fingerprint density at radius 2 is 1.69 bits per heavy atom. The van der Waals surface area contributed by atoms with E-state index in [1.54, 1.807) is 31.3 Å². The molecule has 1 atom stereocenters. The van der Waals surface area contributed by atoms with Gasteiger partial charge in [-0.15, -0.1) is 0 Å². The lowest BCUT2D eigenvalue weighted by molar-refractivity contribution is -0.141. The van der Waals surface area contributed by atoms with Crippen LogP contribution in [0.2, 0.25) is 10.0 Å². The maximum Gasteiger partial charge on any atom is 0.243 e. The van der Waals surface area contributed by atoms with Crippen molar-refractivity contribution < 1.29 is 19.1 Å². The number of rotatable bonds is 11. The minimum Gasteiger partial charge on any atom is -0.493 e. The van der Waals surface area contributed by atoms with Gasteiger partial charge in [0.15, 0.2) is 11.5 Å². The average Bonchev–Trinajstić information content (AvgIpc) is 3.37. The molecule has 0 radical (unpaired) electrons. The van der Waals surface area contributed by atoms with E-state index in [9.17, 15) is 9.59 Å². The molecule has 1 saturated carbocycles. The summed E-state index contributed by atoms with van der Waals surface area (Å²) in [4.78, 5) is 28.4. The van der Waals surface area contributed by atoms with Gasteiger partial charge in [0.1, 0.15) is 6.04 Å². The fourth-order valence-corrected chi connectivity index (χ4v) is 4.87. The van der Waals surface area contributed by atoms with E-state index < -0.39 is 6.04 Å². The van der Waals surface area contributed by atoms with Gasteiger partial charge in [-0.25, -0.2) is 0 Å². The van der Waals surface area contributed by atoms with Gasteiger partial charge in [0, 0.05) is 19.0 Å². The lowest BCUT2D eigenvalue weighted by Gasteiger charge is -2.31. The Kier molecular flexibility index (Phi) is 10.1. The molecular formula is C27H34Cl2N2O4. The van der Waals surface area contributed by atoms with Gasteiger partial charge < -0.3 is 19.7 Å². The van der Waals surface area contributed by atoms with Crippen LogP contribution >= 0.6 is 23.2 Å². The number of halogens is 2. The van der Waals surface area contributed by atoms with Crippen molar-refractivity contribution in [1.82, 2.24) is 10.2 Å². The van der Waals surface area contributed by atoms with Crippen LogP contribution in [0, 0.1) is 0 Å². The number of amides is 2. The molecule has 0 saturated heterocycles. The summed E-state index contributed by atoms with van der Waals surface area (Å²) in [6, 6.07) is 10.5. The lowest BCUT2D eigenvalue weighted by Crippen LogP contribution is -2.51. The highest BCUT2D eigenvalue weighted by Gasteiger charge is 2.30. The Bertz CT molecular complexity index is 1020. The van der Waals surface area contributed by atoms with Crippen LogP contribution in [0.4, 0.5) is 0 Å². The number of nitrogens with one attached hydrogen (secondary N) is 1. The topological polar surface area (TPSA) is 67.9 Å². The first-order chi connectivity index (χ1) is 16.9. The Balaban J connectivity index is 1.79. The molecule has 35 heavy (non-hydrogen) atoms. The van der Waals surface area contributed by atoms with E-state index in [1.165, 1.54) is 0 Å². The van der Waals surface area contributed by atoms with E-state index in [1.807, 2.05) is 31.2 Å². The Labute approximate surface area is 217 Å². The predicted molar refractivity (Wildman–Crippen MR) is 139 cm³/mol. The third kappa shape index (κ3) is 7.28. The number of benzene rings is 2. The van der Waals surface area contributed by atoms with Crippen molar-refractivity contribution in [2.24, 2.45) is 0 Å².